The zero-order chi connectivity index (χ0) is 17.4. The van der Waals surface area contributed by atoms with Crippen LogP contribution in [0.5, 0.6) is 0 Å². The van der Waals surface area contributed by atoms with E-state index in [9.17, 15) is 16.8 Å². The first-order chi connectivity index (χ1) is 11.3. The van der Waals surface area contributed by atoms with Crippen molar-refractivity contribution in [1.82, 2.24) is 8.61 Å². The Labute approximate surface area is 144 Å². The van der Waals surface area contributed by atoms with Crippen molar-refractivity contribution in [3.05, 3.63) is 24.3 Å². The summed E-state index contributed by atoms with van der Waals surface area (Å²) in [6.45, 7) is 3.40. The fourth-order valence-electron chi connectivity index (χ4n) is 3.44. The van der Waals surface area contributed by atoms with Gasteiger partial charge in [0, 0.05) is 25.7 Å². The van der Waals surface area contributed by atoms with Crippen molar-refractivity contribution in [3.63, 3.8) is 0 Å². The largest absolute Gasteiger partial charge is 0.243 e. The second-order valence-electron chi connectivity index (χ2n) is 6.55. The van der Waals surface area contributed by atoms with Gasteiger partial charge in [0.15, 0.2) is 0 Å². The van der Waals surface area contributed by atoms with Crippen LogP contribution in [0.25, 0.3) is 0 Å². The highest BCUT2D eigenvalue weighted by Crippen LogP contribution is 2.28. The van der Waals surface area contributed by atoms with Crippen LogP contribution in [0.15, 0.2) is 34.1 Å². The van der Waals surface area contributed by atoms with Crippen LogP contribution in [-0.4, -0.2) is 51.1 Å². The zero-order valence-electron chi connectivity index (χ0n) is 13.9. The molecule has 0 aromatic heterocycles. The first-order valence-electron chi connectivity index (χ1n) is 8.45. The Morgan fingerprint density at radius 1 is 0.875 bits per heavy atom. The molecular weight excluding hydrogens is 348 g/mol. The minimum absolute atomic E-state index is 0.0532. The monoisotopic (exact) mass is 372 g/mol. The third-order valence-corrected chi connectivity index (χ3v) is 8.76. The molecule has 2 fully saturated rings. The molecule has 1 aromatic carbocycles. The Morgan fingerprint density at radius 2 is 1.46 bits per heavy atom. The number of nitrogens with zero attached hydrogens (tertiary/aromatic N) is 2. The van der Waals surface area contributed by atoms with Gasteiger partial charge in [0.2, 0.25) is 20.0 Å². The van der Waals surface area contributed by atoms with Gasteiger partial charge < -0.3 is 0 Å². The maximum Gasteiger partial charge on any atom is 0.243 e. The first-order valence-corrected chi connectivity index (χ1v) is 11.3. The predicted molar refractivity (Wildman–Crippen MR) is 91.6 cm³/mol. The van der Waals surface area contributed by atoms with Crippen molar-refractivity contribution in [2.75, 3.05) is 19.6 Å². The molecule has 1 atom stereocenters. The zero-order valence-corrected chi connectivity index (χ0v) is 15.5. The van der Waals surface area contributed by atoms with Crippen molar-refractivity contribution in [2.24, 2.45) is 0 Å². The molecule has 1 unspecified atom stereocenters. The van der Waals surface area contributed by atoms with Gasteiger partial charge in [-0.1, -0.05) is 12.5 Å². The van der Waals surface area contributed by atoms with E-state index in [2.05, 4.69) is 0 Å². The quantitative estimate of drug-likeness (QED) is 0.810. The summed E-state index contributed by atoms with van der Waals surface area (Å²) in [5, 5.41) is 0. The molecule has 0 saturated carbocycles. The molecule has 2 aliphatic rings. The van der Waals surface area contributed by atoms with E-state index in [1.54, 1.807) is 0 Å². The highest BCUT2D eigenvalue weighted by Gasteiger charge is 2.33. The first kappa shape index (κ1) is 17.8. The third-order valence-electron chi connectivity index (χ3n) is 4.86. The summed E-state index contributed by atoms with van der Waals surface area (Å²) in [6.07, 6.45) is 4.40. The van der Waals surface area contributed by atoms with Crippen molar-refractivity contribution in [1.29, 1.82) is 0 Å². The van der Waals surface area contributed by atoms with Crippen LogP contribution in [0, 0.1) is 0 Å². The molecule has 0 radical (unpaired) electrons. The van der Waals surface area contributed by atoms with Crippen LogP contribution in [0.3, 0.4) is 0 Å². The summed E-state index contributed by atoms with van der Waals surface area (Å²) in [5.74, 6) is 0. The van der Waals surface area contributed by atoms with Crippen LogP contribution < -0.4 is 0 Å². The lowest BCUT2D eigenvalue weighted by atomic mass is 10.1. The van der Waals surface area contributed by atoms with Gasteiger partial charge in [0.05, 0.1) is 9.79 Å². The fourth-order valence-corrected chi connectivity index (χ4v) is 6.82. The van der Waals surface area contributed by atoms with Crippen LogP contribution in [-0.2, 0) is 20.0 Å². The van der Waals surface area contributed by atoms with Gasteiger partial charge >= 0.3 is 0 Å². The van der Waals surface area contributed by atoms with E-state index in [4.69, 9.17) is 0 Å². The lowest BCUT2D eigenvalue weighted by Gasteiger charge is -2.32. The summed E-state index contributed by atoms with van der Waals surface area (Å²) in [4.78, 5) is 0.131. The Balaban J connectivity index is 1.95. The van der Waals surface area contributed by atoms with Gasteiger partial charge in [-0.25, -0.2) is 16.8 Å². The number of benzene rings is 1. The van der Waals surface area contributed by atoms with E-state index in [1.165, 1.54) is 32.9 Å². The van der Waals surface area contributed by atoms with Gasteiger partial charge in [-0.15, -0.1) is 0 Å². The van der Waals surface area contributed by atoms with Crippen molar-refractivity contribution in [3.8, 4) is 0 Å². The smallest absolute Gasteiger partial charge is 0.207 e. The maximum atomic E-state index is 12.9. The topological polar surface area (TPSA) is 74.8 Å². The van der Waals surface area contributed by atoms with E-state index in [0.717, 1.165) is 32.1 Å². The maximum absolute atomic E-state index is 12.9. The number of hydrogen-bond acceptors (Lipinski definition) is 4. The molecule has 134 valence electrons. The molecule has 3 rings (SSSR count). The molecule has 6 nitrogen and oxygen atoms in total. The third kappa shape index (κ3) is 3.24. The van der Waals surface area contributed by atoms with Crippen LogP contribution in [0.4, 0.5) is 0 Å². The lowest BCUT2D eigenvalue weighted by molar-refractivity contribution is 0.268. The molecule has 0 amide bonds. The standard InChI is InChI=1S/C16H24N2O4S2/c1-14-7-2-3-12-18(14)24(21,22)16-9-6-8-15(13-16)23(19,20)17-10-4-5-11-17/h6,8-9,13-14H,2-5,7,10-12H2,1H3. The van der Waals surface area contributed by atoms with Crippen molar-refractivity contribution >= 4 is 20.0 Å². The number of hydrogen-bond donors (Lipinski definition) is 0. The Kier molecular flexibility index (Phi) is 5.01. The normalized spacial score (nSPS) is 24.3. The second kappa shape index (κ2) is 6.74. The molecule has 2 saturated heterocycles. The van der Waals surface area contributed by atoms with Crippen LogP contribution in [0.2, 0.25) is 0 Å². The van der Waals surface area contributed by atoms with Gasteiger partial charge in [0.1, 0.15) is 0 Å². The van der Waals surface area contributed by atoms with Crippen LogP contribution >= 0.6 is 0 Å². The fraction of sp³-hybridized carbons (Fsp3) is 0.625. The summed E-state index contributed by atoms with van der Waals surface area (Å²) in [7, 11) is -7.28. The van der Waals surface area contributed by atoms with E-state index < -0.39 is 20.0 Å². The number of rotatable bonds is 4. The molecule has 0 N–H and O–H groups in total. The van der Waals surface area contributed by atoms with Gasteiger partial charge in [0.25, 0.3) is 0 Å². The molecule has 0 spiro atoms. The molecular formula is C16H24N2O4S2. The molecule has 2 aliphatic heterocycles. The SMILES string of the molecule is CC1CCCCN1S(=O)(=O)c1cccc(S(=O)(=O)N2CCCC2)c1. The van der Waals surface area contributed by atoms with E-state index >= 15 is 0 Å². The second-order valence-corrected chi connectivity index (χ2v) is 10.4. The summed E-state index contributed by atoms with van der Waals surface area (Å²) in [5.41, 5.74) is 0. The lowest BCUT2D eigenvalue weighted by Crippen LogP contribution is -2.42. The minimum atomic E-state index is -3.67. The highest BCUT2D eigenvalue weighted by molar-refractivity contribution is 7.90. The molecule has 8 heteroatoms. The van der Waals surface area contributed by atoms with Crippen LogP contribution in [0.1, 0.15) is 39.0 Å². The average molecular weight is 373 g/mol. The van der Waals surface area contributed by atoms with E-state index in [1.807, 2.05) is 6.92 Å². The molecule has 24 heavy (non-hydrogen) atoms. The number of piperidine rings is 1. The molecule has 1 aromatic rings. The molecule has 0 bridgehead atoms. The minimum Gasteiger partial charge on any atom is -0.207 e. The van der Waals surface area contributed by atoms with Crippen molar-refractivity contribution in [2.45, 2.75) is 54.9 Å². The summed E-state index contributed by atoms with van der Waals surface area (Å²) < 4.78 is 54.1. The highest BCUT2D eigenvalue weighted by atomic mass is 32.2. The molecule has 2 heterocycles. The predicted octanol–water partition coefficient (Wildman–Crippen LogP) is 2.03. The summed E-state index contributed by atoms with van der Waals surface area (Å²) >= 11 is 0. The Morgan fingerprint density at radius 3 is 2.08 bits per heavy atom. The van der Waals surface area contributed by atoms with Crippen molar-refractivity contribution < 1.29 is 16.8 Å². The summed E-state index contributed by atoms with van der Waals surface area (Å²) in [6, 6.07) is 5.74. The van der Waals surface area contributed by atoms with Gasteiger partial charge in [-0.3, -0.25) is 0 Å². The van der Waals surface area contributed by atoms with Gasteiger partial charge in [-0.2, -0.15) is 8.61 Å². The average Bonchev–Trinajstić information content (AvgIpc) is 3.10. The van der Waals surface area contributed by atoms with E-state index in [-0.39, 0.29) is 15.8 Å². The molecule has 0 aliphatic carbocycles. The Hall–Kier alpha value is -0.960. The van der Waals surface area contributed by atoms with Gasteiger partial charge in [-0.05, 0) is 50.8 Å². The Bertz CT molecular complexity index is 799. The van der Waals surface area contributed by atoms with E-state index in [0.29, 0.717) is 19.6 Å². The number of sulfonamides is 2.